The summed E-state index contributed by atoms with van der Waals surface area (Å²) >= 11 is 0. The Hall–Kier alpha value is -3.09. The monoisotopic (exact) mass is 457 g/mol. The largest absolute Gasteiger partial charge is 0.465 e. The van der Waals surface area contributed by atoms with Crippen molar-refractivity contribution in [1.29, 1.82) is 0 Å². The van der Waals surface area contributed by atoms with E-state index in [1.807, 2.05) is 9.80 Å². The Bertz CT molecular complexity index is 912. The Morgan fingerprint density at radius 2 is 1.91 bits per heavy atom. The fraction of sp³-hybridized carbons (Fsp3) is 0.579. The van der Waals surface area contributed by atoms with E-state index in [0.717, 1.165) is 5.76 Å². The first kappa shape index (κ1) is 23.6. The zero-order valence-electron chi connectivity index (χ0n) is 18.1. The van der Waals surface area contributed by atoms with E-state index in [1.165, 1.54) is 4.90 Å². The van der Waals surface area contributed by atoms with E-state index in [-0.39, 0.29) is 24.3 Å². The Morgan fingerprint density at radius 3 is 2.50 bits per heavy atom. The van der Waals surface area contributed by atoms with Crippen molar-refractivity contribution in [2.45, 2.75) is 19.6 Å². The highest BCUT2D eigenvalue weighted by Gasteiger charge is 2.30. The fourth-order valence-corrected chi connectivity index (χ4v) is 2.96. The number of hydrogen-bond donors (Lipinski definition) is 1. The molecule has 10 nitrogen and oxygen atoms in total. The third kappa shape index (κ3) is 6.97. The van der Waals surface area contributed by atoms with Gasteiger partial charge in [0.1, 0.15) is 11.5 Å². The number of likely N-dealkylation sites (N-methyl/N-ethyl adjacent to an activating group) is 1. The number of nitrogens with one attached hydrogen (secondary N) is 1. The number of rotatable bonds is 8. The number of carbonyl (C=O) groups is 1. The Kier molecular flexibility index (Phi) is 7.38. The minimum Gasteiger partial charge on any atom is -0.465 e. The van der Waals surface area contributed by atoms with Crippen molar-refractivity contribution in [3.8, 4) is 6.01 Å². The normalized spacial score (nSPS) is 15.0. The maximum Gasteiger partial charge on any atom is 0.422 e. The fourth-order valence-electron chi connectivity index (χ4n) is 2.96. The molecule has 2 aromatic rings. The van der Waals surface area contributed by atoms with Gasteiger partial charge >= 0.3 is 12.2 Å². The SMILES string of the molecule is Cc1ccc(CNc2nc(OCC(F)(F)F)nc(N3CCN(CC(=O)N(C)C)CC3)n2)o1. The van der Waals surface area contributed by atoms with E-state index in [0.29, 0.717) is 38.5 Å². The van der Waals surface area contributed by atoms with Crippen LogP contribution in [-0.2, 0) is 11.3 Å². The molecule has 13 heteroatoms. The molecule has 1 fully saturated rings. The number of ether oxygens (including phenoxy) is 1. The average Bonchev–Trinajstić information content (AvgIpc) is 3.16. The molecule has 0 radical (unpaired) electrons. The minimum atomic E-state index is -4.52. The Morgan fingerprint density at radius 1 is 1.19 bits per heavy atom. The summed E-state index contributed by atoms with van der Waals surface area (Å²) in [5.41, 5.74) is 0. The summed E-state index contributed by atoms with van der Waals surface area (Å²) in [6, 6.07) is 3.16. The molecular weight excluding hydrogens is 431 g/mol. The summed E-state index contributed by atoms with van der Waals surface area (Å²) in [7, 11) is 3.40. The number of halogens is 3. The van der Waals surface area contributed by atoms with Gasteiger partial charge in [0.2, 0.25) is 17.8 Å². The van der Waals surface area contributed by atoms with Gasteiger partial charge in [-0.25, -0.2) is 0 Å². The molecule has 1 amide bonds. The number of nitrogens with zero attached hydrogens (tertiary/aromatic N) is 6. The van der Waals surface area contributed by atoms with Crippen molar-refractivity contribution in [3.05, 3.63) is 23.7 Å². The van der Waals surface area contributed by atoms with Crippen LogP contribution in [0.2, 0.25) is 0 Å². The van der Waals surface area contributed by atoms with Crippen molar-refractivity contribution >= 4 is 17.8 Å². The lowest BCUT2D eigenvalue weighted by Crippen LogP contribution is -2.49. The molecule has 3 rings (SSSR count). The van der Waals surface area contributed by atoms with Crippen LogP contribution in [0.1, 0.15) is 11.5 Å². The molecule has 0 bridgehead atoms. The zero-order chi connectivity index (χ0) is 23.3. The number of amides is 1. The zero-order valence-corrected chi connectivity index (χ0v) is 18.1. The first-order valence-corrected chi connectivity index (χ1v) is 10.0. The molecule has 0 aliphatic carbocycles. The smallest absolute Gasteiger partial charge is 0.422 e. The van der Waals surface area contributed by atoms with Gasteiger partial charge in [0.25, 0.3) is 0 Å². The Labute approximate surface area is 183 Å². The van der Waals surface area contributed by atoms with Crippen LogP contribution in [0.25, 0.3) is 0 Å². The lowest BCUT2D eigenvalue weighted by atomic mass is 10.3. The number of aromatic nitrogens is 3. The molecule has 0 saturated carbocycles. The van der Waals surface area contributed by atoms with Gasteiger partial charge in [-0.15, -0.1) is 0 Å². The molecule has 1 saturated heterocycles. The number of carbonyl (C=O) groups excluding carboxylic acids is 1. The second-order valence-corrected chi connectivity index (χ2v) is 7.56. The summed E-state index contributed by atoms with van der Waals surface area (Å²) in [4.78, 5) is 29.6. The van der Waals surface area contributed by atoms with E-state index in [9.17, 15) is 18.0 Å². The van der Waals surface area contributed by atoms with Crippen molar-refractivity contribution in [2.75, 3.05) is 63.6 Å². The van der Waals surface area contributed by atoms with E-state index < -0.39 is 18.8 Å². The molecular formula is C19H26F3N7O3. The Balaban J connectivity index is 1.69. The molecule has 1 N–H and O–H groups in total. The van der Waals surface area contributed by atoms with Crippen LogP contribution in [0.15, 0.2) is 16.5 Å². The topological polar surface area (TPSA) is 99.9 Å². The molecule has 32 heavy (non-hydrogen) atoms. The molecule has 1 aliphatic heterocycles. The van der Waals surface area contributed by atoms with Crippen LogP contribution in [0, 0.1) is 6.92 Å². The van der Waals surface area contributed by atoms with Crippen LogP contribution < -0.4 is 15.0 Å². The number of piperazine rings is 1. The number of alkyl halides is 3. The van der Waals surface area contributed by atoms with Crippen molar-refractivity contribution in [1.82, 2.24) is 24.8 Å². The first-order valence-electron chi connectivity index (χ1n) is 10.0. The van der Waals surface area contributed by atoms with E-state index >= 15 is 0 Å². The standard InChI is InChI=1S/C19H26F3N7O3/c1-13-4-5-14(32-13)10-23-16-24-17(26-18(25-16)31-12-19(20,21)22)29-8-6-28(7-9-29)11-15(30)27(2)3/h4-5H,6-12H2,1-3H3,(H,23,24,25,26). The maximum absolute atomic E-state index is 12.6. The number of furan rings is 1. The average molecular weight is 457 g/mol. The molecule has 1 aliphatic rings. The van der Waals surface area contributed by atoms with E-state index in [1.54, 1.807) is 33.2 Å². The molecule has 0 spiro atoms. The second kappa shape index (κ2) is 10.0. The van der Waals surface area contributed by atoms with Gasteiger partial charge in [0.05, 0.1) is 13.1 Å². The van der Waals surface area contributed by atoms with Crippen molar-refractivity contribution in [2.24, 2.45) is 0 Å². The maximum atomic E-state index is 12.6. The van der Waals surface area contributed by atoms with Crippen LogP contribution in [-0.4, -0.2) is 90.3 Å². The minimum absolute atomic E-state index is 0.00102. The second-order valence-electron chi connectivity index (χ2n) is 7.56. The number of hydrogen-bond acceptors (Lipinski definition) is 9. The molecule has 2 aromatic heterocycles. The van der Waals surface area contributed by atoms with Gasteiger partial charge in [0.15, 0.2) is 6.61 Å². The van der Waals surface area contributed by atoms with Crippen LogP contribution in [0.3, 0.4) is 0 Å². The third-order valence-electron chi connectivity index (χ3n) is 4.70. The highest BCUT2D eigenvalue weighted by Crippen LogP contribution is 2.20. The summed E-state index contributed by atoms with van der Waals surface area (Å²) in [6.45, 7) is 3.01. The van der Waals surface area contributed by atoms with Gasteiger partial charge in [-0.1, -0.05) is 0 Å². The van der Waals surface area contributed by atoms with Crippen LogP contribution in [0.5, 0.6) is 6.01 Å². The van der Waals surface area contributed by atoms with Crippen molar-refractivity contribution in [3.63, 3.8) is 0 Å². The molecule has 0 unspecified atom stereocenters. The summed E-state index contributed by atoms with van der Waals surface area (Å²) < 4.78 is 48.0. The van der Waals surface area contributed by atoms with Gasteiger partial charge in [-0.2, -0.15) is 28.1 Å². The van der Waals surface area contributed by atoms with Gasteiger partial charge < -0.3 is 24.3 Å². The van der Waals surface area contributed by atoms with Gasteiger partial charge in [-0.05, 0) is 19.1 Å². The van der Waals surface area contributed by atoms with Gasteiger partial charge in [0, 0.05) is 40.3 Å². The first-order chi connectivity index (χ1) is 15.1. The van der Waals surface area contributed by atoms with E-state index in [2.05, 4.69) is 20.3 Å². The lowest BCUT2D eigenvalue weighted by Gasteiger charge is -2.34. The third-order valence-corrected chi connectivity index (χ3v) is 4.70. The number of anilines is 2. The highest BCUT2D eigenvalue weighted by molar-refractivity contribution is 5.77. The molecule has 3 heterocycles. The van der Waals surface area contributed by atoms with E-state index in [4.69, 9.17) is 9.15 Å². The summed E-state index contributed by atoms with van der Waals surface area (Å²) in [5, 5.41) is 2.93. The van der Waals surface area contributed by atoms with Crippen LogP contribution in [0.4, 0.5) is 25.1 Å². The predicted molar refractivity (Wildman–Crippen MR) is 109 cm³/mol. The summed E-state index contributed by atoms with van der Waals surface area (Å²) in [5.74, 6) is 1.64. The lowest BCUT2D eigenvalue weighted by molar-refractivity contribution is -0.154. The molecule has 0 atom stereocenters. The van der Waals surface area contributed by atoms with Gasteiger partial charge in [-0.3, -0.25) is 9.69 Å². The highest BCUT2D eigenvalue weighted by atomic mass is 19.4. The predicted octanol–water partition coefficient (Wildman–Crippen LogP) is 1.54. The van der Waals surface area contributed by atoms with Crippen molar-refractivity contribution < 1.29 is 27.1 Å². The summed E-state index contributed by atoms with van der Waals surface area (Å²) in [6.07, 6.45) is -4.52. The molecule has 0 aromatic carbocycles. The number of aryl methyl sites for hydroxylation is 1. The quantitative estimate of drug-likeness (QED) is 0.633. The molecule has 176 valence electrons. The van der Waals surface area contributed by atoms with Crippen LogP contribution >= 0.6 is 0 Å².